The summed E-state index contributed by atoms with van der Waals surface area (Å²) >= 11 is 12.8. The molecule has 32 heavy (non-hydrogen) atoms. The molecule has 2 aromatic carbocycles. The molecule has 166 valence electrons. The molecule has 2 heterocycles. The van der Waals surface area contributed by atoms with Gasteiger partial charge in [0.25, 0.3) is 5.91 Å². The summed E-state index contributed by atoms with van der Waals surface area (Å²) in [5, 5.41) is 3.33. The van der Waals surface area contributed by atoms with Crippen LogP contribution in [0.25, 0.3) is 6.08 Å². The highest BCUT2D eigenvalue weighted by atomic mass is 35.5. The van der Waals surface area contributed by atoms with Crippen LogP contribution in [0.3, 0.4) is 0 Å². The fourth-order valence-corrected chi connectivity index (χ4v) is 4.85. The Morgan fingerprint density at radius 1 is 1.16 bits per heavy atom. The number of amides is 2. The van der Waals surface area contributed by atoms with Gasteiger partial charge in [-0.3, -0.25) is 14.5 Å². The number of para-hydroxylation sites is 1. The van der Waals surface area contributed by atoms with Crippen molar-refractivity contribution >= 4 is 63.5 Å². The van der Waals surface area contributed by atoms with Crippen LogP contribution < -0.4 is 14.8 Å². The van der Waals surface area contributed by atoms with Gasteiger partial charge in [0.2, 0.25) is 12.7 Å². The molecule has 2 aliphatic rings. The van der Waals surface area contributed by atoms with Crippen LogP contribution in [0.15, 0.2) is 47.4 Å². The summed E-state index contributed by atoms with van der Waals surface area (Å²) in [6.45, 7) is 0.748. The Kier molecular flexibility index (Phi) is 7.34. The van der Waals surface area contributed by atoms with Crippen molar-refractivity contribution in [1.29, 1.82) is 0 Å². The predicted molar refractivity (Wildman–Crippen MR) is 131 cm³/mol. The Labute approximate surface area is 200 Å². The smallest absolute Gasteiger partial charge is 0.266 e. The van der Waals surface area contributed by atoms with Crippen molar-refractivity contribution in [1.82, 2.24) is 4.90 Å². The summed E-state index contributed by atoms with van der Waals surface area (Å²) in [4.78, 5) is 27.1. The second-order valence-corrected chi connectivity index (χ2v) is 9.37. The number of thioether (sulfide) groups is 1. The summed E-state index contributed by atoms with van der Waals surface area (Å²) in [6.07, 6.45) is 4.52. The van der Waals surface area contributed by atoms with Crippen molar-refractivity contribution in [2.75, 3.05) is 18.7 Å². The molecule has 0 unspecified atom stereocenters. The van der Waals surface area contributed by atoms with Gasteiger partial charge in [-0.05, 0) is 48.7 Å². The van der Waals surface area contributed by atoms with E-state index in [2.05, 4.69) is 5.32 Å². The van der Waals surface area contributed by atoms with Crippen LogP contribution >= 0.6 is 35.6 Å². The minimum absolute atomic E-state index is 0.0737. The van der Waals surface area contributed by atoms with E-state index in [0.29, 0.717) is 44.4 Å². The van der Waals surface area contributed by atoms with Crippen molar-refractivity contribution in [2.45, 2.75) is 25.7 Å². The molecule has 2 amide bonds. The monoisotopic (exact) mass is 488 g/mol. The van der Waals surface area contributed by atoms with Gasteiger partial charge in [-0.1, -0.05) is 60.2 Å². The lowest BCUT2D eigenvalue weighted by atomic mass is 10.1. The maximum atomic E-state index is 12.8. The molecule has 6 nitrogen and oxygen atoms in total. The molecule has 0 saturated carbocycles. The van der Waals surface area contributed by atoms with E-state index in [1.165, 1.54) is 11.8 Å². The molecule has 0 bridgehead atoms. The number of ether oxygens (including phenoxy) is 2. The van der Waals surface area contributed by atoms with E-state index in [1.54, 1.807) is 17.0 Å². The zero-order valence-corrected chi connectivity index (χ0v) is 19.5. The van der Waals surface area contributed by atoms with Gasteiger partial charge in [0.05, 0.1) is 15.6 Å². The number of carbonyl (C=O) groups is 2. The number of hydrogen-bond acceptors (Lipinski definition) is 6. The third-order valence-electron chi connectivity index (χ3n) is 5.00. The van der Waals surface area contributed by atoms with E-state index in [-0.39, 0.29) is 18.6 Å². The Hall–Kier alpha value is -2.55. The molecule has 2 aliphatic heterocycles. The van der Waals surface area contributed by atoms with Gasteiger partial charge in [-0.2, -0.15) is 0 Å². The third-order valence-corrected chi connectivity index (χ3v) is 6.71. The Morgan fingerprint density at radius 3 is 2.81 bits per heavy atom. The summed E-state index contributed by atoms with van der Waals surface area (Å²) in [5.41, 5.74) is 1.48. The molecule has 1 saturated heterocycles. The lowest BCUT2D eigenvalue weighted by Gasteiger charge is -2.14. The number of thiocarbonyl (C=S) groups is 1. The maximum Gasteiger partial charge on any atom is 0.266 e. The molecule has 0 radical (unpaired) electrons. The third kappa shape index (κ3) is 5.43. The van der Waals surface area contributed by atoms with E-state index >= 15 is 0 Å². The van der Waals surface area contributed by atoms with Crippen LogP contribution in [0.4, 0.5) is 5.69 Å². The SMILES string of the molecule is O=C(CCCCCN1C(=O)C(=Cc2ccc3c(c2)OCO3)SC1=S)Nc1ccccc1Cl. The lowest BCUT2D eigenvalue weighted by Crippen LogP contribution is -2.29. The number of nitrogens with zero attached hydrogens (tertiary/aromatic N) is 1. The molecular weight excluding hydrogens is 468 g/mol. The number of fused-ring (bicyclic) bond motifs is 1. The minimum atomic E-state index is -0.0888. The molecule has 0 atom stereocenters. The van der Waals surface area contributed by atoms with Crippen LogP contribution in [0, 0.1) is 0 Å². The predicted octanol–water partition coefficient (Wildman–Crippen LogP) is 5.47. The lowest BCUT2D eigenvalue weighted by molar-refractivity contribution is -0.122. The first kappa shape index (κ1) is 22.6. The Bertz CT molecular complexity index is 1090. The Balaban J connectivity index is 1.23. The summed E-state index contributed by atoms with van der Waals surface area (Å²) in [6, 6.07) is 12.7. The van der Waals surface area contributed by atoms with Crippen molar-refractivity contribution in [2.24, 2.45) is 0 Å². The van der Waals surface area contributed by atoms with E-state index in [9.17, 15) is 9.59 Å². The van der Waals surface area contributed by atoms with Crippen molar-refractivity contribution in [3.8, 4) is 11.5 Å². The Morgan fingerprint density at radius 2 is 1.97 bits per heavy atom. The number of hydrogen-bond donors (Lipinski definition) is 1. The number of nitrogens with one attached hydrogen (secondary N) is 1. The van der Waals surface area contributed by atoms with Crippen LogP contribution in [-0.2, 0) is 9.59 Å². The zero-order chi connectivity index (χ0) is 22.5. The fraction of sp³-hybridized carbons (Fsp3) is 0.261. The minimum Gasteiger partial charge on any atom is -0.454 e. The molecule has 4 rings (SSSR count). The number of benzene rings is 2. The van der Waals surface area contributed by atoms with Gasteiger partial charge in [0, 0.05) is 13.0 Å². The van der Waals surface area contributed by atoms with Gasteiger partial charge < -0.3 is 14.8 Å². The van der Waals surface area contributed by atoms with Gasteiger partial charge in [-0.15, -0.1) is 0 Å². The average Bonchev–Trinajstić information content (AvgIpc) is 3.34. The second kappa shape index (κ2) is 10.4. The van der Waals surface area contributed by atoms with Crippen molar-refractivity contribution in [3.05, 3.63) is 58.0 Å². The first-order valence-corrected chi connectivity index (χ1v) is 11.8. The van der Waals surface area contributed by atoms with E-state index in [4.69, 9.17) is 33.3 Å². The number of carbonyl (C=O) groups excluding carboxylic acids is 2. The number of halogens is 1. The second-order valence-electron chi connectivity index (χ2n) is 7.28. The molecule has 2 aromatic rings. The van der Waals surface area contributed by atoms with E-state index < -0.39 is 0 Å². The van der Waals surface area contributed by atoms with E-state index in [1.807, 2.05) is 36.4 Å². The maximum absolute atomic E-state index is 12.8. The van der Waals surface area contributed by atoms with Gasteiger partial charge >= 0.3 is 0 Å². The standard InChI is InChI=1S/C23H21ClN2O4S2/c24-16-6-3-4-7-17(16)25-21(27)8-2-1-5-11-26-22(28)20(32-23(26)31)13-15-9-10-18-19(12-15)30-14-29-18/h3-4,6-7,9-10,12-13H,1-2,5,8,11,14H2,(H,25,27). The molecule has 1 fully saturated rings. The van der Waals surface area contributed by atoms with Gasteiger partial charge in [0.15, 0.2) is 11.5 Å². The van der Waals surface area contributed by atoms with Crippen LogP contribution in [-0.4, -0.2) is 34.4 Å². The molecular formula is C23H21ClN2O4S2. The molecule has 9 heteroatoms. The van der Waals surface area contributed by atoms with Crippen LogP contribution in [0.1, 0.15) is 31.2 Å². The zero-order valence-electron chi connectivity index (χ0n) is 17.1. The molecule has 0 aliphatic carbocycles. The topological polar surface area (TPSA) is 67.9 Å². The summed E-state index contributed by atoms with van der Waals surface area (Å²) in [5.74, 6) is 1.22. The molecule has 1 N–H and O–H groups in total. The number of unbranched alkanes of at least 4 members (excludes halogenated alkanes) is 2. The summed E-state index contributed by atoms with van der Waals surface area (Å²) < 4.78 is 11.3. The molecule has 0 aromatic heterocycles. The highest BCUT2D eigenvalue weighted by Gasteiger charge is 2.31. The van der Waals surface area contributed by atoms with Crippen molar-refractivity contribution in [3.63, 3.8) is 0 Å². The quantitative estimate of drug-likeness (QED) is 0.302. The first-order valence-electron chi connectivity index (χ1n) is 10.2. The van der Waals surface area contributed by atoms with E-state index in [0.717, 1.165) is 24.8 Å². The highest BCUT2D eigenvalue weighted by molar-refractivity contribution is 8.26. The number of rotatable bonds is 8. The highest BCUT2D eigenvalue weighted by Crippen LogP contribution is 2.36. The average molecular weight is 489 g/mol. The van der Waals surface area contributed by atoms with Crippen molar-refractivity contribution < 1.29 is 19.1 Å². The summed E-state index contributed by atoms with van der Waals surface area (Å²) in [7, 11) is 0. The normalized spacial score (nSPS) is 16.2. The van der Waals surface area contributed by atoms with Gasteiger partial charge in [0.1, 0.15) is 4.32 Å². The van der Waals surface area contributed by atoms with Crippen LogP contribution in [0.5, 0.6) is 11.5 Å². The fourth-order valence-electron chi connectivity index (χ4n) is 3.35. The molecule has 0 spiro atoms. The largest absolute Gasteiger partial charge is 0.454 e. The van der Waals surface area contributed by atoms with Crippen LogP contribution in [0.2, 0.25) is 5.02 Å². The first-order chi connectivity index (χ1) is 15.5. The van der Waals surface area contributed by atoms with Gasteiger partial charge in [-0.25, -0.2) is 0 Å². The number of anilines is 1.